The first-order valence-corrected chi connectivity index (χ1v) is 11.0. The molecular weight excluding hydrogens is 388 g/mol. The van der Waals surface area contributed by atoms with Crippen LogP contribution in [0.15, 0.2) is 42.1 Å². The summed E-state index contributed by atoms with van der Waals surface area (Å²) in [6, 6.07) is 11.6. The molecule has 1 unspecified atom stereocenters. The molecule has 5 nitrogen and oxygen atoms in total. The summed E-state index contributed by atoms with van der Waals surface area (Å²) in [5.74, 6) is -0.446. The molecule has 0 aliphatic carbocycles. The van der Waals surface area contributed by atoms with Crippen LogP contribution in [0, 0.1) is 33.6 Å². The Balaban J connectivity index is 1.84. The Morgan fingerprint density at radius 2 is 1.58 bits per heavy atom. The number of imide groups is 1. The number of likely N-dealkylation sites (tertiary alicyclic amines) is 1. The van der Waals surface area contributed by atoms with E-state index in [1.807, 2.05) is 69.0 Å². The SMILES string of the molecule is Cc1ccc(C2=C(N3CCCC(CO)C3)C(=O)N(c3ccc(C)c(C)c3)C2=O)cc1C. The lowest BCUT2D eigenvalue weighted by Gasteiger charge is -2.34. The van der Waals surface area contributed by atoms with Crippen molar-refractivity contribution in [2.45, 2.75) is 40.5 Å². The lowest BCUT2D eigenvalue weighted by molar-refractivity contribution is -0.120. The summed E-state index contributed by atoms with van der Waals surface area (Å²) in [7, 11) is 0. The summed E-state index contributed by atoms with van der Waals surface area (Å²) in [5, 5.41) is 9.70. The molecule has 1 N–H and O–H groups in total. The van der Waals surface area contributed by atoms with Crippen molar-refractivity contribution in [3.8, 4) is 0 Å². The molecule has 1 fully saturated rings. The second-order valence-electron chi connectivity index (χ2n) is 8.87. The van der Waals surface area contributed by atoms with Crippen molar-refractivity contribution in [3.05, 3.63) is 69.9 Å². The van der Waals surface area contributed by atoms with E-state index in [1.165, 1.54) is 4.90 Å². The van der Waals surface area contributed by atoms with Gasteiger partial charge in [0.2, 0.25) is 0 Å². The van der Waals surface area contributed by atoms with Crippen LogP contribution in [0.5, 0.6) is 0 Å². The number of benzene rings is 2. The zero-order valence-corrected chi connectivity index (χ0v) is 18.7. The van der Waals surface area contributed by atoms with Crippen LogP contribution in [-0.4, -0.2) is 41.5 Å². The Hall–Kier alpha value is -2.92. The van der Waals surface area contributed by atoms with Gasteiger partial charge < -0.3 is 10.0 Å². The van der Waals surface area contributed by atoms with E-state index >= 15 is 0 Å². The number of carbonyl (C=O) groups is 2. The summed E-state index contributed by atoms with van der Waals surface area (Å²) < 4.78 is 0. The van der Waals surface area contributed by atoms with Gasteiger partial charge in [-0.2, -0.15) is 0 Å². The molecule has 0 saturated carbocycles. The smallest absolute Gasteiger partial charge is 0.282 e. The molecule has 2 aliphatic heterocycles. The third-order valence-electron chi connectivity index (χ3n) is 6.70. The number of anilines is 1. The maximum atomic E-state index is 13.7. The summed E-state index contributed by atoms with van der Waals surface area (Å²) in [5.41, 5.74) is 6.69. The van der Waals surface area contributed by atoms with Gasteiger partial charge in [0.1, 0.15) is 5.70 Å². The van der Waals surface area contributed by atoms with Gasteiger partial charge in [-0.05, 0) is 86.4 Å². The highest BCUT2D eigenvalue weighted by molar-refractivity contribution is 6.45. The van der Waals surface area contributed by atoms with Crippen molar-refractivity contribution in [2.75, 3.05) is 24.6 Å². The number of hydrogen-bond donors (Lipinski definition) is 1. The fraction of sp³-hybridized carbons (Fsp3) is 0.385. The Kier molecular flexibility index (Phi) is 5.71. The largest absolute Gasteiger partial charge is 0.396 e. The molecule has 2 amide bonds. The molecule has 0 radical (unpaired) electrons. The maximum Gasteiger partial charge on any atom is 0.282 e. The number of hydrogen-bond acceptors (Lipinski definition) is 4. The highest BCUT2D eigenvalue weighted by Crippen LogP contribution is 2.37. The molecule has 2 heterocycles. The van der Waals surface area contributed by atoms with Gasteiger partial charge in [-0.1, -0.05) is 24.3 Å². The molecule has 1 atom stereocenters. The van der Waals surface area contributed by atoms with E-state index in [9.17, 15) is 14.7 Å². The number of amides is 2. The van der Waals surface area contributed by atoms with Crippen LogP contribution in [0.25, 0.3) is 5.57 Å². The number of aliphatic hydroxyl groups excluding tert-OH is 1. The molecular formula is C26H30N2O3. The monoisotopic (exact) mass is 418 g/mol. The number of aryl methyl sites for hydroxylation is 4. The van der Waals surface area contributed by atoms with Gasteiger partial charge in [0, 0.05) is 19.7 Å². The molecule has 162 valence electrons. The number of aliphatic hydroxyl groups is 1. The van der Waals surface area contributed by atoms with Crippen molar-refractivity contribution in [1.82, 2.24) is 4.90 Å². The fourth-order valence-corrected chi connectivity index (χ4v) is 4.49. The van der Waals surface area contributed by atoms with E-state index in [1.54, 1.807) is 0 Å². The summed E-state index contributed by atoms with van der Waals surface area (Å²) in [6.07, 6.45) is 1.82. The molecule has 0 bridgehead atoms. The average molecular weight is 419 g/mol. The summed E-state index contributed by atoms with van der Waals surface area (Å²) in [6.45, 7) is 9.43. The van der Waals surface area contributed by atoms with Crippen molar-refractivity contribution in [1.29, 1.82) is 0 Å². The molecule has 5 heteroatoms. The zero-order valence-electron chi connectivity index (χ0n) is 18.7. The predicted molar refractivity (Wildman–Crippen MR) is 123 cm³/mol. The second-order valence-corrected chi connectivity index (χ2v) is 8.87. The Labute approximate surface area is 184 Å². The Morgan fingerprint density at radius 1 is 0.903 bits per heavy atom. The highest BCUT2D eigenvalue weighted by atomic mass is 16.3. The number of carbonyl (C=O) groups excluding carboxylic acids is 2. The fourth-order valence-electron chi connectivity index (χ4n) is 4.49. The Bertz CT molecular complexity index is 1090. The van der Waals surface area contributed by atoms with Gasteiger partial charge in [0.05, 0.1) is 11.3 Å². The van der Waals surface area contributed by atoms with Gasteiger partial charge in [-0.25, -0.2) is 4.90 Å². The molecule has 2 aliphatic rings. The summed E-state index contributed by atoms with van der Waals surface area (Å²) in [4.78, 5) is 30.7. The van der Waals surface area contributed by atoms with Crippen LogP contribution < -0.4 is 4.90 Å². The first-order chi connectivity index (χ1) is 14.8. The zero-order chi connectivity index (χ0) is 22.3. The van der Waals surface area contributed by atoms with Gasteiger partial charge in [-0.15, -0.1) is 0 Å². The lowest BCUT2D eigenvalue weighted by Crippen LogP contribution is -2.40. The Morgan fingerprint density at radius 3 is 2.23 bits per heavy atom. The van der Waals surface area contributed by atoms with Crippen molar-refractivity contribution in [3.63, 3.8) is 0 Å². The molecule has 1 saturated heterocycles. The number of nitrogens with zero attached hydrogens (tertiary/aromatic N) is 2. The van der Waals surface area contributed by atoms with E-state index in [0.29, 0.717) is 30.0 Å². The average Bonchev–Trinajstić information content (AvgIpc) is 3.02. The number of piperidine rings is 1. The van der Waals surface area contributed by atoms with E-state index in [-0.39, 0.29) is 24.3 Å². The second kappa shape index (κ2) is 8.31. The van der Waals surface area contributed by atoms with Crippen molar-refractivity contribution in [2.24, 2.45) is 5.92 Å². The maximum absolute atomic E-state index is 13.7. The van der Waals surface area contributed by atoms with Gasteiger partial charge >= 0.3 is 0 Å². The van der Waals surface area contributed by atoms with E-state index < -0.39 is 0 Å². The quantitative estimate of drug-likeness (QED) is 0.765. The van der Waals surface area contributed by atoms with Gasteiger partial charge in [0.15, 0.2) is 0 Å². The minimum atomic E-state index is -0.280. The van der Waals surface area contributed by atoms with Gasteiger partial charge in [-0.3, -0.25) is 9.59 Å². The molecule has 2 aromatic rings. The van der Waals surface area contributed by atoms with Crippen LogP contribution in [-0.2, 0) is 9.59 Å². The normalized spacial score (nSPS) is 19.6. The van der Waals surface area contributed by atoms with Crippen LogP contribution in [0.1, 0.15) is 40.7 Å². The van der Waals surface area contributed by atoms with Crippen LogP contribution >= 0.6 is 0 Å². The molecule has 2 aromatic carbocycles. The van der Waals surface area contributed by atoms with Crippen LogP contribution in [0.4, 0.5) is 5.69 Å². The van der Waals surface area contributed by atoms with Crippen molar-refractivity contribution >= 4 is 23.1 Å². The standard InChI is InChI=1S/C26H30N2O3/c1-16-7-9-21(12-18(16)3)23-24(27-11-5-6-20(14-27)15-29)26(31)28(25(23)30)22-10-8-17(2)19(4)13-22/h7-10,12-13,20,29H,5-6,11,14-15H2,1-4H3. The molecule has 4 rings (SSSR count). The van der Waals surface area contributed by atoms with Crippen LogP contribution in [0.2, 0.25) is 0 Å². The highest BCUT2D eigenvalue weighted by Gasteiger charge is 2.43. The minimum Gasteiger partial charge on any atom is -0.396 e. The predicted octanol–water partition coefficient (Wildman–Crippen LogP) is 3.91. The third kappa shape index (κ3) is 3.79. The minimum absolute atomic E-state index is 0.0890. The van der Waals surface area contributed by atoms with Crippen LogP contribution in [0.3, 0.4) is 0 Å². The van der Waals surface area contributed by atoms with E-state index in [4.69, 9.17) is 0 Å². The van der Waals surface area contributed by atoms with E-state index in [2.05, 4.69) is 0 Å². The topological polar surface area (TPSA) is 60.9 Å². The first kappa shape index (κ1) is 21.3. The molecule has 0 aromatic heterocycles. The first-order valence-electron chi connectivity index (χ1n) is 11.0. The number of rotatable bonds is 4. The summed E-state index contributed by atoms with van der Waals surface area (Å²) >= 11 is 0. The van der Waals surface area contributed by atoms with Crippen molar-refractivity contribution < 1.29 is 14.7 Å². The lowest BCUT2D eigenvalue weighted by atomic mass is 9.96. The van der Waals surface area contributed by atoms with E-state index in [0.717, 1.165) is 40.7 Å². The molecule has 0 spiro atoms. The third-order valence-corrected chi connectivity index (χ3v) is 6.70. The molecule has 31 heavy (non-hydrogen) atoms. The van der Waals surface area contributed by atoms with Gasteiger partial charge in [0.25, 0.3) is 11.8 Å².